The molecule has 0 spiro atoms. The van der Waals surface area contributed by atoms with E-state index in [-0.39, 0.29) is 5.91 Å². The summed E-state index contributed by atoms with van der Waals surface area (Å²) in [6.07, 6.45) is 3.10. The number of piperazine rings is 1. The summed E-state index contributed by atoms with van der Waals surface area (Å²) in [6.45, 7) is 3.88. The first-order chi connectivity index (χ1) is 8.31. The fourth-order valence-corrected chi connectivity index (χ4v) is 2.03. The molecule has 1 aromatic rings. The number of aldehydes is 1. The van der Waals surface area contributed by atoms with E-state index in [9.17, 15) is 9.59 Å². The van der Waals surface area contributed by atoms with Crippen LogP contribution < -0.4 is 5.32 Å². The lowest BCUT2D eigenvalue weighted by molar-refractivity contribution is -0.132. The first-order valence-electron chi connectivity index (χ1n) is 5.90. The van der Waals surface area contributed by atoms with Crippen LogP contribution in [0.2, 0.25) is 0 Å². The molecule has 2 heterocycles. The van der Waals surface area contributed by atoms with Gasteiger partial charge in [-0.05, 0) is 12.1 Å². The van der Waals surface area contributed by atoms with Gasteiger partial charge in [0, 0.05) is 45.3 Å². The number of rotatable bonds is 4. The Morgan fingerprint density at radius 2 is 2.18 bits per heavy atom. The summed E-state index contributed by atoms with van der Waals surface area (Å²) in [5.41, 5.74) is 0.623. The van der Waals surface area contributed by atoms with Gasteiger partial charge in [-0.2, -0.15) is 0 Å². The average molecular weight is 235 g/mol. The fourth-order valence-electron chi connectivity index (χ4n) is 2.03. The van der Waals surface area contributed by atoms with E-state index in [0.29, 0.717) is 18.7 Å². The van der Waals surface area contributed by atoms with Crippen LogP contribution in [0.15, 0.2) is 18.3 Å². The SMILES string of the molecule is O=Cc1cccn1CCC(=O)N1CCNCC1. The second-order valence-corrected chi connectivity index (χ2v) is 4.13. The van der Waals surface area contributed by atoms with Crippen LogP contribution in [0.5, 0.6) is 0 Å². The zero-order chi connectivity index (χ0) is 12.1. The quantitative estimate of drug-likeness (QED) is 0.754. The fraction of sp³-hybridized carbons (Fsp3) is 0.500. The number of nitrogens with one attached hydrogen (secondary N) is 1. The maximum absolute atomic E-state index is 11.9. The van der Waals surface area contributed by atoms with Crippen molar-refractivity contribution in [3.8, 4) is 0 Å². The van der Waals surface area contributed by atoms with Crippen molar-refractivity contribution in [3.63, 3.8) is 0 Å². The number of carbonyl (C=O) groups excluding carboxylic acids is 2. The van der Waals surface area contributed by atoms with Crippen LogP contribution in [0.3, 0.4) is 0 Å². The van der Waals surface area contributed by atoms with E-state index in [4.69, 9.17) is 0 Å². The van der Waals surface area contributed by atoms with Crippen LogP contribution in [-0.4, -0.2) is 47.8 Å². The van der Waals surface area contributed by atoms with Crippen LogP contribution in [-0.2, 0) is 11.3 Å². The summed E-state index contributed by atoms with van der Waals surface area (Å²) >= 11 is 0. The molecule has 0 bridgehead atoms. The van der Waals surface area contributed by atoms with E-state index in [1.807, 2.05) is 21.7 Å². The van der Waals surface area contributed by atoms with Crippen molar-refractivity contribution in [3.05, 3.63) is 24.0 Å². The standard InChI is InChI=1S/C12H17N3O2/c16-10-11-2-1-6-14(11)7-3-12(17)15-8-4-13-5-9-15/h1-2,6,10,13H,3-5,7-9H2. The molecule has 0 aromatic carbocycles. The second kappa shape index (κ2) is 5.63. The summed E-state index contributed by atoms with van der Waals surface area (Å²) in [6, 6.07) is 3.57. The second-order valence-electron chi connectivity index (χ2n) is 4.13. The lowest BCUT2D eigenvalue weighted by atomic mass is 10.3. The van der Waals surface area contributed by atoms with Crippen LogP contribution in [0, 0.1) is 0 Å². The topological polar surface area (TPSA) is 54.3 Å². The normalized spacial score (nSPS) is 15.9. The third-order valence-electron chi connectivity index (χ3n) is 3.02. The molecule has 1 amide bonds. The molecule has 0 radical (unpaired) electrons. The van der Waals surface area contributed by atoms with Gasteiger partial charge in [0.25, 0.3) is 0 Å². The largest absolute Gasteiger partial charge is 0.345 e. The van der Waals surface area contributed by atoms with Crippen molar-refractivity contribution >= 4 is 12.2 Å². The molecule has 0 aliphatic carbocycles. The van der Waals surface area contributed by atoms with Gasteiger partial charge in [-0.15, -0.1) is 0 Å². The Labute approximate surface area is 100 Å². The number of aryl methyl sites for hydroxylation is 1. The van der Waals surface area contributed by atoms with E-state index < -0.39 is 0 Å². The van der Waals surface area contributed by atoms with Gasteiger partial charge in [-0.3, -0.25) is 9.59 Å². The van der Waals surface area contributed by atoms with Gasteiger partial charge in [0.2, 0.25) is 5.91 Å². The molecule has 92 valence electrons. The Morgan fingerprint density at radius 1 is 1.41 bits per heavy atom. The van der Waals surface area contributed by atoms with Gasteiger partial charge >= 0.3 is 0 Å². The highest BCUT2D eigenvalue weighted by atomic mass is 16.2. The van der Waals surface area contributed by atoms with Crippen molar-refractivity contribution in [1.82, 2.24) is 14.8 Å². The Balaban J connectivity index is 1.85. The Kier molecular flexibility index (Phi) is 3.93. The van der Waals surface area contributed by atoms with E-state index in [1.54, 1.807) is 6.07 Å². The number of aromatic nitrogens is 1. The van der Waals surface area contributed by atoms with E-state index >= 15 is 0 Å². The first kappa shape index (κ1) is 11.9. The zero-order valence-corrected chi connectivity index (χ0v) is 9.76. The minimum absolute atomic E-state index is 0.164. The van der Waals surface area contributed by atoms with Crippen molar-refractivity contribution in [1.29, 1.82) is 0 Å². The Morgan fingerprint density at radius 3 is 2.88 bits per heavy atom. The highest BCUT2D eigenvalue weighted by Gasteiger charge is 2.15. The number of hydrogen-bond acceptors (Lipinski definition) is 3. The molecule has 0 atom stereocenters. The molecule has 2 rings (SSSR count). The summed E-state index contributed by atoms with van der Waals surface area (Å²) in [5, 5.41) is 3.21. The van der Waals surface area contributed by atoms with Gasteiger partial charge in [0.15, 0.2) is 6.29 Å². The first-order valence-corrected chi connectivity index (χ1v) is 5.90. The van der Waals surface area contributed by atoms with Crippen LogP contribution >= 0.6 is 0 Å². The summed E-state index contributed by atoms with van der Waals surface area (Å²) in [4.78, 5) is 24.5. The number of hydrogen-bond donors (Lipinski definition) is 1. The third kappa shape index (κ3) is 2.94. The van der Waals surface area contributed by atoms with Crippen molar-refractivity contribution in [2.24, 2.45) is 0 Å². The van der Waals surface area contributed by atoms with Gasteiger partial charge in [-0.1, -0.05) is 0 Å². The Hall–Kier alpha value is -1.62. The predicted octanol–water partition coefficient (Wildman–Crippen LogP) is 0.123. The lowest BCUT2D eigenvalue weighted by Gasteiger charge is -2.27. The van der Waals surface area contributed by atoms with Gasteiger partial charge in [0.05, 0.1) is 5.69 Å². The van der Waals surface area contributed by atoms with Gasteiger partial charge < -0.3 is 14.8 Å². The minimum atomic E-state index is 0.164. The molecular weight excluding hydrogens is 218 g/mol. The molecule has 5 nitrogen and oxygen atoms in total. The molecule has 1 N–H and O–H groups in total. The summed E-state index contributed by atoms with van der Waals surface area (Å²) < 4.78 is 1.81. The molecular formula is C12H17N3O2. The minimum Gasteiger partial charge on any atom is -0.345 e. The van der Waals surface area contributed by atoms with Crippen molar-refractivity contribution in [2.75, 3.05) is 26.2 Å². The monoisotopic (exact) mass is 235 g/mol. The average Bonchev–Trinajstić information content (AvgIpc) is 2.84. The maximum atomic E-state index is 11.9. The van der Waals surface area contributed by atoms with Gasteiger partial charge in [0.1, 0.15) is 0 Å². The Bertz CT molecular complexity index is 394. The van der Waals surface area contributed by atoms with Crippen LogP contribution in [0.25, 0.3) is 0 Å². The van der Waals surface area contributed by atoms with Crippen molar-refractivity contribution in [2.45, 2.75) is 13.0 Å². The van der Waals surface area contributed by atoms with E-state index in [0.717, 1.165) is 32.5 Å². The highest BCUT2D eigenvalue weighted by molar-refractivity contribution is 5.76. The molecule has 1 saturated heterocycles. The summed E-state index contributed by atoms with van der Waals surface area (Å²) in [5.74, 6) is 0.164. The molecule has 5 heteroatoms. The molecule has 1 aliphatic rings. The smallest absolute Gasteiger partial charge is 0.224 e. The third-order valence-corrected chi connectivity index (χ3v) is 3.02. The molecule has 0 unspecified atom stereocenters. The van der Waals surface area contributed by atoms with Gasteiger partial charge in [-0.25, -0.2) is 0 Å². The van der Waals surface area contributed by atoms with Crippen LogP contribution in [0.4, 0.5) is 0 Å². The van der Waals surface area contributed by atoms with E-state index in [1.165, 1.54) is 0 Å². The molecule has 1 aromatic heterocycles. The number of carbonyl (C=O) groups is 2. The molecule has 1 fully saturated rings. The molecule has 0 saturated carbocycles. The summed E-state index contributed by atoms with van der Waals surface area (Å²) in [7, 11) is 0. The molecule has 17 heavy (non-hydrogen) atoms. The van der Waals surface area contributed by atoms with E-state index in [2.05, 4.69) is 5.32 Å². The maximum Gasteiger partial charge on any atom is 0.224 e. The predicted molar refractivity (Wildman–Crippen MR) is 63.9 cm³/mol. The lowest BCUT2D eigenvalue weighted by Crippen LogP contribution is -2.46. The van der Waals surface area contributed by atoms with Crippen molar-refractivity contribution < 1.29 is 9.59 Å². The highest BCUT2D eigenvalue weighted by Crippen LogP contribution is 2.03. The number of nitrogens with zero attached hydrogens (tertiary/aromatic N) is 2. The van der Waals surface area contributed by atoms with Crippen LogP contribution in [0.1, 0.15) is 16.9 Å². The zero-order valence-electron chi connectivity index (χ0n) is 9.76. The molecule has 1 aliphatic heterocycles. The number of amides is 1.